The number of hydrogen-bond acceptors (Lipinski definition) is 8. The van der Waals surface area contributed by atoms with E-state index in [4.69, 9.17) is 9.29 Å². The lowest BCUT2D eigenvalue weighted by molar-refractivity contribution is -0.123. The number of carbonyl (C=O) groups is 2. The average Bonchev–Trinajstić information content (AvgIpc) is 2.54. The molecular formula is C13H17FN2O9S2. The van der Waals surface area contributed by atoms with Gasteiger partial charge in [-0.3, -0.25) is 13.5 Å². The van der Waals surface area contributed by atoms with Crippen LogP contribution < -0.4 is 10.0 Å². The fourth-order valence-electron chi connectivity index (χ4n) is 1.80. The zero-order valence-electron chi connectivity index (χ0n) is 13.9. The molecule has 0 saturated heterocycles. The van der Waals surface area contributed by atoms with Crippen molar-refractivity contribution in [1.29, 1.82) is 0 Å². The number of carbonyl (C=O) groups excluding carboxylic acids is 2. The molecule has 11 nitrogen and oxygen atoms in total. The van der Waals surface area contributed by atoms with Crippen LogP contribution in [0.2, 0.25) is 0 Å². The number of benzene rings is 1. The Morgan fingerprint density at radius 1 is 1.19 bits per heavy atom. The molecule has 0 unspecified atom stereocenters. The molecule has 0 radical (unpaired) electrons. The Kier molecular flexibility index (Phi) is 8.08. The molecule has 1 rings (SSSR count). The first-order chi connectivity index (χ1) is 12.4. The maximum atomic E-state index is 13.2. The minimum Gasteiger partial charge on any atom is -0.445 e. The van der Waals surface area contributed by atoms with Crippen LogP contribution in [0.4, 0.5) is 9.18 Å². The Bertz CT molecular complexity index is 859. The molecule has 1 aromatic rings. The Labute approximate surface area is 154 Å². The molecule has 0 aliphatic rings. The number of halogens is 1. The second-order valence-electron chi connectivity index (χ2n) is 5.12. The first kappa shape index (κ1) is 22.8. The van der Waals surface area contributed by atoms with Crippen LogP contribution in [0.5, 0.6) is 0 Å². The third-order valence-corrected chi connectivity index (χ3v) is 3.88. The van der Waals surface area contributed by atoms with E-state index in [1.54, 1.807) is 35.6 Å². The summed E-state index contributed by atoms with van der Waals surface area (Å²) in [6, 6.07) is 6.14. The van der Waals surface area contributed by atoms with E-state index < -0.39 is 51.2 Å². The van der Waals surface area contributed by atoms with Crippen molar-refractivity contribution in [2.75, 3.05) is 12.9 Å². The highest BCUT2D eigenvalue weighted by Crippen LogP contribution is 2.08. The minimum absolute atomic E-state index is 0.244. The second-order valence-corrected chi connectivity index (χ2v) is 7.87. The van der Waals surface area contributed by atoms with Crippen LogP contribution in [0.25, 0.3) is 0 Å². The summed E-state index contributed by atoms with van der Waals surface area (Å²) in [5.41, 5.74) is 0.570. The van der Waals surface area contributed by atoms with E-state index in [0.29, 0.717) is 11.8 Å². The van der Waals surface area contributed by atoms with Gasteiger partial charge in [-0.15, -0.1) is 0 Å². The van der Waals surface area contributed by atoms with Crippen LogP contribution >= 0.6 is 0 Å². The standard InChI is InChI=1S/C13H17FN2O9S2/c1-26(19,20)25-10(7-14)11(12(17)16-27(21,22)23)15-13(18)24-8-9-5-3-2-4-6-9/h2-6,10-11H,7-8H2,1H3,(H,15,18)(H,16,17)(H,21,22,23)/t10-,11+/m1/s1. The molecule has 2 amide bonds. The molecule has 0 aliphatic carbocycles. The summed E-state index contributed by atoms with van der Waals surface area (Å²) in [6.07, 6.45) is -2.84. The summed E-state index contributed by atoms with van der Waals surface area (Å²) in [5, 5.41) is 1.81. The zero-order chi connectivity index (χ0) is 20.7. The minimum atomic E-state index is -5.06. The van der Waals surface area contributed by atoms with Gasteiger partial charge in [-0.05, 0) is 5.56 Å². The third-order valence-electron chi connectivity index (χ3n) is 2.82. The molecule has 0 heterocycles. The molecule has 152 valence electrons. The van der Waals surface area contributed by atoms with Gasteiger partial charge in [-0.25, -0.2) is 13.9 Å². The molecule has 0 aromatic heterocycles. The first-order valence-corrected chi connectivity index (χ1v) is 10.4. The topological polar surface area (TPSA) is 165 Å². The highest BCUT2D eigenvalue weighted by Gasteiger charge is 2.35. The predicted octanol–water partition coefficient (Wildman–Crippen LogP) is -0.485. The Morgan fingerprint density at radius 2 is 1.78 bits per heavy atom. The fraction of sp³-hybridized carbons (Fsp3) is 0.385. The summed E-state index contributed by atoms with van der Waals surface area (Å²) in [7, 11) is -9.34. The van der Waals surface area contributed by atoms with E-state index in [2.05, 4.69) is 4.18 Å². The number of nitrogens with one attached hydrogen (secondary N) is 2. The highest BCUT2D eigenvalue weighted by molar-refractivity contribution is 7.86. The molecule has 14 heteroatoms. The van der Waals surface area contributed by atoms with Crippen molar-refractivity contribution in [1.82, 2.24) is 10.0 Å². The molecule has 0 spiro atoms. The van der Waals surface area contributed by atoms with Crippen molar-refractivity contribution in [3.05, 3.63) is 35.9 Å². The van der Waals surface area contributed by atoms with Crippen LogP contribution in [0, 0.1) is 0 Å². The van der Waals surface area contributed by atoms with Crippen LogP contribution in [0.3, 0.4) is 0 Å². The number of alkyl carbamates (subject to hydrolysis) is 1. The molecule has 0 aliphatic heterocycles. The van der Waals surface area contributed by atoms with Crippen LogP contribution in [0.1, 0.15) is 5.56 Å². The maximum absolute atomic E-state index is 13.2. The van der Waals surface area contributed by atoms with E-state index in [1.807, 2.05) is 0 Å². The monoisotopic (exact) mass is 428 g/mol. The van der Waals surface area contributed by atoms with Crippen LogP contribution in [0.15, 0.2) is 30.3 Å². The Hall–Kier alpha value is -2.29. The summed E-state index contributed by atoms with van der Waals surface area (Å²) in [5.74, 6) is -1.64. The summed E-state index contributed by atoms with van der Waals surface area (Å²) >= 11 is 0. The summed E-state index contributed by atoms with van der Waals surface area (Å²) < 4.78 is 75.9. The van der Waals surface area contributed by atoms with Gasteiger partial charge in [0.2, 0.25) is 0 Å². The van der Waals surface area contributed by atoms with Crippen molar-refractivity contribution in [3.8, 4) is 0 Å². The van der Waals surface area contributed by atoms with Gasteiger partial charge in [0.15, 0.2) is 0 Å². The zero-order valence-corrected chi connectivity index (χ0v) is 15.5. The van der Waals surface area contributed by atoms with E-state index in [-0.39, 0.29) is 6.61 Å². The summed E-state index contributed by atoms with van der Waals surface area (Å²) in [6.45, 7) is -1.83. The third kappa shape index (κ3) is 9.28. The van der Waals surface area contributed by atoms with E-state index in [9.17, 15) is 30.8 Å². The lowest BCUT2D eigenvalue weighted by atomic mass is 10.1. The van der Waals surface area contributed by atoms with Gasteiger partial charge in [-0.1, -0.05) is 30.3 Å². The first-order valence-electron chi connectivity index (χ1n) is 7.12. The molecule has 0 saturated carbocycles. The van der Waals surface area contributed by atoms with Gasteiger partial charge in [0, 0.05) is 0 Å². The number of ether oxygens (including phenoxy) is 1. The molecular weight excluding hydrogens is 411 g/mol. The number of amides is 2. The van der Waals surface area contributed by atoms with Crippen molar-refractivity contribution in [2.24, 2.45) is 0 Å². The van der Waals surface area contributed by atoms with E-state index >= 15 is 0 Å². The average molecular weight is 428 g/mol. The van der Waals surface area contributed by atoms with Crippen molar-refractivity contribution in [2.45, 2.75) is 18.8 Å². The van der Waals surface area contributed by atoms with E-state index in [1.165, 1.54) is 0 Å². The van der Waals surface area contributed by atoms with Gasteiger partial charge in [-0.2, -0.15) is 16.8 Å². The van der Waals surface area contributed by atoms with Gasteiger partial charge in [0.25, 0.3) is 16.0 Å². The predicted molar refractivity (Wildman–Crippen MR) is 88.9 cm³/mol. The maximum Gasteiger partial charge on any atom is 0.408 e. The highest BCUT2D eigenvalue weighted by atomic mass is 32.2. The fourth-order valence-corrected chi connectivity index (χ4v) is 2.80. The number of alkyl halides is 1. The SMILES string of the molecule is CS(=O)(=O)O[C@H](CF)[C@H](NC(=O)OCc1ccccc1)C(=O)NS(=O)(=O)O. The number of rotatable bonds is 9. The van der Waals surface area contributed by atoms with Gasteiger partial charge in [0.05, 0.1) is 6.26 Å². The van der Waals surface area contributed by atoms with Crippen LogP contribution in [-0.2, 0) is 40.7 Å². The largest absolute Gasteiger partial charge is 0.445 e. The van der Waals surface area contributed by atoms with Crippen LogP contribution in [-0.4, -0.2) is 58.5 Å². The van der Waals surface area contributed by atoms with Crippen molar-refractivity contribution < 1.29 is 44.3 Å². The van der Waals surface area contributed by atoms with Gasteiger partial charge < -0.3 is 10.1 Å². The molecule has 3 N–H and O–H groups in total. The normalized spacial score (nSPS) is 14.0. The smallest absolute Gasteiger partial charge is 0.408 e. The van der Waals surface area contributed by atoms with Gasteiger partial charge in [0.1, 0.15) is 25.4 Å². The summed E-state index contributed by atoms with van der Waals surface area (Å²) in [4.78, 5) is 23.7. The molecule has 1 aromatic carbocycles. The van der Waals surface area contributed by atoms with Crippen molar-refractivity contribution in [3.63, 3.8) is 0 Å². The Morgan fingerprint density at radius 3 is 2.26 bits per heavy atom. The molecule has 0 fully saturated rings. The molecule has 2 atom stereocenters. The van der Waals surface area contributed by atoms with Gasteiger partial charge >= 0.3 is 16.4 Å². The number of hydrogen-bond donors (Lipinski definition) is 3. The second kappa shape index (κ2) is 9.59. The van der Waals surface area contributed by atoms with E-state index in [0.717, 1.165) is 4.72 Å². The quantitative estimate of drug-likeness (QED) is 0.348. The lowest BCUT2D eigenvalue weighted by Gasteiger charge is -2.23. The van der Waals surface area contributed by atoms with Crippen molar-refractivity contribution >= 4 is 32.4 Å². The Balaban J connectivity index is 2.91. The molecule has 27 heavy (non-hydrogen) atoms. The lowest BCUT2D eigenvalue weighted by Crippen LogP contribution is -2.56. The molecule has 0 bridgehead atoms.